The van der Waals surface area contributed by atoms with Crippen molar-refractivity contribution in [2.24, 2.45) is 0 Å². The lowest BCUT2D eigenvalue weighted by atomic mass is 9.83. The first kappa shape index (κ1) is 14.7. The van der Waals surface area contributed by atoms with Crippen molar-refractivity contribution in [1.82, 2.24) is 9.62 Å². The van der Waals surface area contributed by atoms with E-state index in [1.807, 2.05) is 0 Å². The summed E-state index contributed by atoms with van der Waals surface area (Å²) in [4.78, 5) is 13.0. The van der Waals surface area contributed by atoms with Crippen LogP contribution in [0, 0.1) is 0 Å². The number of carbonyl (C=O) groups excluding carboxylic acids is 1. The number of hydrogen-bond acceptors (Lipinski definition) is 5. The summed E-state index contributed by atoms with van der Waals surface area (Å²) in [5.74, 6) is 0.0237. The zero-order valence-corrected chi connectivity index (χ0v) is 12.8. The minimum absolute atomic E-state index is 0.0237. The molecule has 116 valence electrons. The predicted molar refractivity (Wildman–Crippen MR) is 76.6 cm³/mol. The standard InChI is InChI=1S/C14H20N2O4S/c1-16-11-3-2-4-12(16)8-10(7-11)15-21(18,19)14-6-5-13(9-17)20-14/h5-6,9-12,15H,2-4,7-8H2,1H3. The van der Waals surface area contributed by atoms with Crippen LogP contribution >= 0.6 is 0 Å². The lowest BCUT2D eigenvalue weighted by Gasteiger charge is -2.47. The maximum absolute atomic E-state index is 12.3. The zero-order valence-electron chi connectivity index (χ0n) is 12.0. The smallest absolute Gasteiger partial charge is 0.274 e. The molecule has 2 atom stereocenters. The van der Waals surface area contributed by atoms with Crippen molar-refractivity contribution < 1.29 is 17.6 Å². The van der Waals surface area contributed by atoms with E-state index in [2.05, 4.69) is 16.7 Å². The van der Waals surface area contributed by atoms with Gasteiger partial charge in [-0.05, 0) is 44.9 Å². The van der Waals surface area contributed by atoms with Gasteiger partial charge in [-0.3, -0.25) is 4.79 Å². The average molecular weight is 312 g/mol. The number of piperidine rings is 2. The van der Waals surface area contributed by atoms with Crippen LogP contribution in [-0.4, -0.2) is 44.8 Å². The second-order valence-corrected chi connectivity index (χ2v) is 7.61. The summed E-state index contributed by atoms with van der Waals surface area (Å²) in [6, 6.07) is 3.53. The number of furan rings is 1. The van der Waals surface area contributed by atoms with Crippen LogP contribution in [0.15, 0.2) is 21.6 Å². The molecule has 1 N–H and O–H groups in total. The first-order valence-electron chi connectivity index (χ1n) is 7.29. The SMILES string of the molecule is CN1C2CCCC1CC(NS(=O)(=O)c1ccc(C=O)o1)C2. The fourth-order valence-corrected chi connectivity index (χ4v) is 4.73. The minimum atomic E-state index is -3.69. The van der Waals surface area contributed by atoms with Crippen molar-refractivity contribution >= 4 is 16.3 Å². The molecule has 2 unspecified atom stereocenters. The van der Waals surface area contributed by atoms with Crippen molar-refractivity contribution in [2.45, 2.75) is 55.3 Å². The summed E-state index contributed by atoms with van der Waals surface area (Å²) < 4.78 is 32.4. The van der Waals surface area contributed by atoms with Gasteiger partial charge in [-0.1, -0.05) is 6.42 Å². The summed E-state index contributed by atoms with van der Waals surface area (Å²) in [7, 11) is -1.56. The molecule has 2 bridgehead atoms. The topological polar surface area (TPSA) is 79.6 Å². The van der Waals surface area contributed by atoms with Crippen molar-refractivity contribution in [1.29, 1.82) is 0 Å². The Kier molecular flexibility index (Phi) is 3.90. The van der Waals surface area contributed by atoms with Gasteiger partial charge in [0.2, 0.25) is 5.09 Å². The van der Waals surface area contributed by atoms with Gasteiger partial charge < -0.3 is 9.32 Å². The molecule has 0 aromatic carbocycles. The number of fused-ring (bicyclic) bond motifs is 2. The maximum Gasteiger partial charge on any atom is 0.274 e. The van der Waals surface area contributed by atoms with E-state index in [9.17, 15) is 13.2 Å². The first-order valence-corrected chi connectivity index (χ1v) is 8.77. The van der Waals surface area contributed by atoms with E-state index in [-0.39, 0.29) is 16.9 Å². The third kappa shape index (κ3) is 2.90. The fraction of sp³-hybridized carbons (Fsp3) is 0.643. The molecule has 1 aromatic heterocycles. The number of aldehydes is 1. The van der Waals surface area contributed by atoms with E-state index in [4.69, 9.17) is 4.42 Å². The van der Waals surface area contributed by atoms with Gasteiger partial charge in [0.05, 0.1) is 0 Å². The van der Waals surface area contributed by atoms with Crippen LogP contribution in [0.25, 0.3) is 0 Å². The van der Waals surface area contributed by atoms with E-state index in [0.717, 1.165) is 25.7 Å². The molecule has 7 heteroatoms. The quantitative estimate of drug-likeness (QED) is 0.850. The highest BCUT2D eigenvalue weighted by molar-refractivity contribution is 7.89. The van der Waals surface area contributed by atoms with Gasteiger partial charge >= 0.3 is 0 Å². The van der Waals surface area contributed by atoms with Crippen molar-refractivity contribution in [3.63, 3.8) is 0 Å². The number of nitrogens with one attached hydrogen (secondary N) is 1. The Hall–Kier alpha value is -1.18. The molecule has 6 nitrogen and oxygen atoms in total. The van der Waals surface area contributed by atoms with E-state index >= 15 is 0 Å². The Bertz CT molecular complexity index is 611. The van der Waals surface area contributed by atoms with E-state index in [1.54, 1.807) is 0 Å². The average Bonchev–Trinajstić information content (AvgIpc) is 2.89. The Morgan fingerprint density at radius 3 is 2.52 bits per heavy atom. The van der Waals surface area contributed by atoms with Crippen LogP contribution in [0.5, 0.6) is 0 Å². The maximum atomic E-state index is 12.3. The molecular weight excluding hydrogens is 292 g/mol. The van der Waals surface area contributed by atoms with Gasteiger partial charge in [0.25, 0.3) is 10.0 Å². The van der Waals surface area contributed by atoms with Crippen LogP contribution in [0.1, 0.15) is 42.7 Å². The molecule has 0 saturated carbocycles. The second-order valence-electron chi connectivity index (χ2n) is 5.97. The molecule has 2 aliphatic heterocycles. The summed E-state index contributed by atoms with van der Waals surface area (Å²) in [6.07, 6.45) is 5.63. The van der Waals surface area contributed by atoms with Gasteiger partial charge in [-0.25, -0.2) is 13.1 Å². The monoisotopic (exact) mass is 312 g/mol. The molecule has 0 aliphatic carbocycles. The summed E-state index contributed by atoms with van der Waals surface area (Å²) in [6.45, 7) is 0. The van der Waals surface area contributed by atoms with Gasteiger partial charge in [-0.2, -0.15) is 0 Å². The van der Waals surface area contributed by atoms with E-state index < -0.39 is 10.0 Å². The molecule has 2 aliphatic rings. The van der Waals surface area contributed by atoms with E-state index in [1.165, 1.54) is 18.6 Å². The molecule has 3 rings (SSSR count). The molecule has 0 spiro atoms. The Morgan fingerprint density at radius 1 is 1.29 bits per heavy atom. The number of rotatable bonds is 4. The lowest BCUT2D eigenvalue weighted by Crippen LogP contribution is -2.55. The highest BCUT2D eigenvalue weighted by atomic mass is 32.2. The predicted octanol–water partition coefficient (Wildman–Crippen LogP) is 1.39. The summed E-state index contributed by atoms with van der Waals surface area (Å²) >= 11 is 0. The number of nitrogens with zero attached hydrogens (tertiary/aromatic N) is 1. The number of sulfonamides is 1. The molecule has 3 heterocycles. The van der Waals surface area contributed by atoms with Crippen LogP contribution in [0.4, 0.5) is 0 Å². The van der Waals surface area contributed by atoms with Crippen molar-refractivity contribution in [3.05, 3.63) is 17.9 Å². The largest absolute Gasteiger partial charge is 0.440 e. The van der Waals surface area contributed by atoms with Crippen molar-refractivity contribution in [3.8, 4) is 0 Å². The van der Waals surface area contributed by atoms with Crippen LogP contribution in [0.2, 0.25) is 0 Å². The highest BCUT2D eigenvalue weighted by Gasteiger charge is 2.37. The fourth-order valence-electron chi connectivity index (χ4n) is 3.53. The number of hydrogen-bond donors (Lipinski definition) is 1. The third-order valence-electron chi connectivity index (χ3n) is 4.64. The van der Waals surface area contributed by atoms with Crippen molar-refractivity contribution in [2.75, 3.05) is 7.05 Å². The van der Waals surface area contributed by atoms with Crippen LogP contribution < -0.4 is 4.72 Å². The third-order valence-corrected chi connectivity index (χ3v) is 6.04. The first-order chi connectivity index (χ1) is 9.99. The van der Waals surface area contributed by atoms with Gasteiger partial charge in [-0.15, -0.1) is 0 Å². The van der Waals surface area contributed by atoms with Crippen LogP contribution in [-0.2, 0) is 10.0 Å². The molecule has 0 radical (unpaired) electrons. The van der Waals surface area contributed by atoms with Gasteiger partial charge in [0.1, 0.15) is 0 Å². The lowest BCUT2D eigenvalue weighted by molar-refractivity contribution is 0.0535. The Balaban J connectivity index is 1.72. The normalized spacial score (nSPS) is 30.2. The molecule has 21 heavy (non-hydrogen) atoms. The van der Waals surface area contributed by atoms with Gasteiger partial charge in [0.15, 0.2) is 12.0 Å². The Labute approximate surface area is 124 Å². The van der Waals surface area contributed by atoms with Gasteiger partial charge in [0, 0.05) is 18.1 Å². The Morgan fingerprint density at radius 2 is 1.95 bits per heavy atom. The van der Waals surface area contributed by atoms with E-state index in [0.29, 0.717) is 18.4 Å². The minimum Gasteiger partial charge on any atom is -0.440 e. The molecule has 2 saturated heterocycles. The summed E-state index contributed by atoms with van der Waals surface area (Å²) in [5.41, 5.74) is 0. The highest BCUT2D eigenvalue weighted by Crippen LogP contribution is 2.33. The second kappa shape index (κ2) is 5.55. The van der Waals surface area contributed by atoms with Crippen LogP contribution in [0.3, 0.4) is 0 Å². The molecule has 2 fully saturated rings. The number of carbonyl (C=O) groups is 1. The molecular formula is C14H20N2O4S. The molecule has 0 amide bonds. The molecule has 1 aromatic rings. The summed E-state index contributed by atoms with van der Waals surface area (Å²) in [5, 5.41) is -0.186. The zero-order chi connectivity index (χ0) is 15.0.